The molecule has 0 saturated heterocycles. The molecule has 3 aromatic heterocycles. The zero-order chi connectivity index (χ0) is 22.7. The molecule has 0 aliphatic carbocycles. The van der Waals surface area contributed by atoms with Crippen LogP contribution in [0, 0.1) is 25.2 Å². The Bertz CT molecular complexity index is 1280. The van der Waals surface area contributed by atoms with E-state index in [1.165, 1.54) is 27.8 Å². The first-order valence-electron chi connectivity index (χ1n) is 9.80. The number of carbonyl (C=O) groups is 1. The molecule has 1 amide bonds. The lowest BCUT2D eigenvalue weighted by Gasteiger charge is -2.13. The molecule has 3 heterocycles. The third-order valence-corrected chi connectivity index (χ3v) is 6.93. The summed E-state index contributed by atoms with van der Waals surface area (Å²) in [6, 6.07) is 16.0. The molecule has 0 bridgehead atoms. The average molecular weight is 464 g/mol. The molecule has 0 radical (unpaired) electrons. The summed E-state index contributed by atoms with van der Waals surface area (Å²) < 4.78 is 3.35. The third kappa shape index (κ3) is 4.26. The summed E-state index contributed by atoms with van der Waals surface area (Å²) >= 11 is 2.71. The van der Waals surface area contributed by atoms with Crippen LogP contribution < -0.4 is 11.2 Å². The molecule has 0 fully saturated rings. The molecule has 32 heavy (non-hydrogen) atoms. The zero-order valence-corrected chi connectivity index (χ0v) is 19.2. The first-order chi connectivity index (χ1) is 15.5. The maximum absolute atomic E-state index is 12.8. The minimum atomic E-state index is -0.251. The number of anilines is 1. The SMILES string of the molecule is Cc1c(C#N)c(NC(=O)CSc2nnc(-c3cccs3)n2N)n(Cc2ccccc2)c1C. The Kier molecular flexibility index (Phi) is 6.30. The van der Waals surface area contributed by atoms with Gasteiger partial charge >= 0.3 is 0 Å². The average Bonchev–Trinajstić information content (AvgIpc) is 3.50. The van der Waals surface area contributed by atoms with Crippen molar-refractivity contribution in [3.8, 4) is 16.8 Å². The highest BCUT2D eigenvalue weighted by Crippen LogP contribution is 2.28. The Morgan fingerprint density at radius 2 is 2.00 bits per heavy atom. The first kappa shape index (κ1) is 21.7. The second kappa shape index (κ2) is 9.30. The topological polar surface area (TPSA) is 115 Å². The third-order valence-electron chi connectivity index (χ3n) is 5.12. The molecule has 8 nitrogen and oxygen atoms in total. The van der Waals surface area contributed by atoms with Crippen LogP contribution in [0.2, 0.25) is 0 Å². The summed E-state index contributed by atoms with van der Waals surface area (Å²) in [7, 11) is 0. The van der Waals surface area contributed by atoms with Gasteiger partial charge in [0.05, 0.1) is 16.2 Å². The van der Waals surface area contributed by atoms with Crippen LogP contribution in [0.5, 0.6) is 0 Å². The van der Waals surface area contributed by atoms with Crippen molar-refractivity contribution in [2.75, 3.05) is 16.9 Å². The van der Waals surface area contributed by atoms with Gasteiger partial charge in [-0.2, -0.15) is 5.26 Å². The molecule has 0 spiro atoms. The number of thiophene rings is 1. The van der Waals surface area contributed by atoms with Crippen molar-refractivity contribution in [3.63, 3.8) is 0 Å². The largest absolute Gasteiger partial charge is 0.335 e. The van der Waals surface area contributed by atoms with Gasteiger partial charge in [0.25, 0.3) is 0 Å². The molecule has 0 saturated carbocycles. The molecule has 3 N–H and O–H groups in total. The Hall–Kier alpha value is -3.55. The number of nitrogens with two attached hydrogens (primary N) is 1. The van der Waals surface area contributed by atoms with Crippen molar-refractivity contribution in [1.29, 1.82) is 5.26 Å². The monoisotopic (exact) mass is 463 g/mol. The van der Waals surface area contributed by atoms with Crippen LogP contribution in [0.4, 0.5) is 5.82 Å². The Labute approximate surface area is 193 Å². The predicted octanol–water partition coefficient (Wildman–Crippen LogP) is 3.79. The number of nitriles is 1. The number of thioether (sulfide) groups is 1. The van der Waals surface area contributed by atoms with Gasteiger partial charge in [0.15, 0.2) is 5.82 Å². The van der Waals surface area contributed by atoms with E-state index >= 15 is 0 Å². The van der Waals surface area contributed by atoms with Crippen molar-refractivity contribution < 1.29 is 4.79 Å². The molecule has 0 aliphatic heterocycles. The predicted molar refractivity (Wildman–Crippen MR) is 127 cm³/mol. The van der Waals surface area contributed by atoms with E-state index in [1.807, 2.05) is 66.3 Å². The number of rotatable bonds is 7. The normalized spacial score (nSPS) is 10.8. The second-order valence-electron chi connectivity index (χ2n) is 7.11. The van der Waals surface area contributed by atoms with Crippen molar-refractivity contribution in [3.05, 3.63) is 70.2 Å². The number of nitrogens with zero attached hydrogens (tertiary/aromatic N) is 5. The number of benzene rings is 1. The van der Waals surface area contributed by atoms with Gasteiger partial charge in [0.1, 0.15) is 11.9 Å². The highest BCUT2D eigenvalue weighted by Gasteiger charge is 2.21. The van der Waals surface area contributed by atoms with Gasteiger partial charge in [-0.15, -0.1) is 21.5 Å². The number of hydrogen-bond donors (Lipinski definition) is 2. The molecule has 4 aromatic rings. The van der Waals surface area contributed by atoms with E-state index in [9.17, 15) is 10.1 Å². The molecule has 4 rings (SSSR count). The number of nitrogens with one attached hydrogen (secondary N) is 1. The minimum absolute atomic E-state index is 0.0826. The van der Waals surface area contributed by atoms with Gasteiger partial charge in [-0.1, -0.05) is 48.2 Å². The van der Waals surface area contributed by atoms with Crippen molar-refractivity contribution in [1.82, 2.24) is 19.4 Å². The Morgan fingerprint density at radius 3 is 2.69 bits per heavy atom. The van der Waals surface area contributed by atoms with Gasteiger partial charge < -0.3 is 15.7 Å². The molecule has 0 aliphatic rings. The first-order valence-corrected chi connectivity index (χ1v) is 11.7. The van der Waals surface area contributed by atoms with Crippen molar-refractivity contribution >= 4 is 34.8 Å². The maximum Gasteiger partial charge on any atom is 0.235 e. The molecule has 0 atom stereocenters. The van der Waals surface area contributed by atoms with Crippen molar-refractivity contribution in [2.24, 2.45) is 0 Å². The molecular formula is C22H21N7OS2. The van der Waals surface area contributed by atoms with E-state index in [4.69, 9.17) is 5.84 Å². The quantitative estimate of drug-likeness (QED) is 0.318. The van der Waals surface area contributed by atoms with Crippen LogP contribution in [0.3, 0.4) is 0 Å². The smallest absolute Gasteiger partial charge is 0.235 e. The molecule has 10 heteroatoms. The summed E-state index contributed by atoms with van der Waals surface area (Å²) in [5.74, 6) is 7.00. The maximum atomic E-state index is 12.8. The minimum Gasteiger partial charge on any atom is -0.335 e. The van der Waals surface area contributed by atoms with Crippen molar-refractivity contribution in [2.45, 2.75) is 25.5 Å². The lowest BCUT2D eigenvalue weighted by atomic mass is 10.2. The molecule has 1 aromatic carbocycles. The Balaban J connectivity index is 1.51. The van der Waals surface area contributed by atoms with Gasteiger partial charge in [0.2, 0.25) is 11.1 Å². The van der Waals surface area contributed by atoms with E-state index in [-0.39, 0.29) is 11.7 Å². The van der Waals surface area contributed by atoms with E-state index in [0.717, 1.165) is 21.7 Å². The van der Waals surface area contributed by atoms with Gasteiger partial charge in [-0.05, 0) is 36.4 Å². The molecular weight excluding hydrogens is 442 g/mol. The van der Waals surface area contributed by atoms with E-state index in [2.05, 4.69) is 21.6 Å². The summed E-state index contributed by atoms with van der Waals surface area (Å²) in [6.07, 6.45) is 0. The standard InChI is InChI=1S/C22H21N7OS2/c1-14-15(2)28(12-16-7-4-3-5-8-16)20(17(14)11-23)25-19(30)13-32-22-27-26-21(29(22)24)18-9-6-10-31-18/h3-10H,12-13,24H2,1-2H3,(H,25,30). The molecule has 0 unspecified atom stereocenters. The highest BCUT2D eigenvalue weighted by molar-refractivity contribution is 7.99. The fourth-order valence-electron chi connectivity index (χ4n) is 3.34. The summed E-state index contributed by atoms with van der Waals surface area (Å²) in [4.78, 5) is 13.7. The lowest BCUT2D eigenvalue weighted by molar-refractivity contribution is -0.113. The van der Waals surface area contributed by atoms with E-state index in [1.54, 1.807) is 0 Å². The fraction of sp³-hybridized carbons (Fsp3) is 0.182. The van der Waals surface area contributed by atoms with Gasteiger partial charge in [-0.3, -0.25) is 4.79 Å². The van der Waals surface area contributed by atoms with Crippen LogP contribution >= 0.6 is 23.1 Å². The summed E-state index contributed by atoms with van der Waals surface area (Å²) in [6.45, 7) is 4.40. The van der Waals surface area contributed by atoms with Crippen LogP contribution in [-0.2, 0) is 11.3 Å². The molecule has 162 valence electrons. The highest BCUT2D eigenvalue weighted by atomic mass is 32.2. The lowest BCUT2D eigenvalue weighted by Crippen LogP contribution is -2.19. The van der Waals surface area contributed by atoms with Gasteiger partial charge in [0, 0.05) is 12.2 Å². The summed E-state index contributed by atoms with van der Waals surface area (Å²) in [5.41, 5.74) is 3.35. The van der Waals surface area contributed by atoms with Crippen LogP contribution in [-0.4, -0.2) is 31.1 Å². The number of amides is 1. The number of carbonyl (C=O) groups excluding carboxylic acids is 1. The fourth-order valence-corrected chi connectivity index (χ4v) is 4.70. The van der Waals surface area contributed by atoms with Crippen LogP contribution in [0.1, 0.15) is 22.4 Å². The number of hydrogen-bond acceptors (Lipinski definition) is 7. The zero-order valence-electron chi connectivity index (χ0n) is 17.6. The van der Waals surface area contributed by atoms with E-state index in [0.29, 0.717) is 28.9 Å². The number of aromatic nitrogens is 4. The Morgan fingerprint density at radius 1 is 1.22 bits per heavy atom. The van der Waals surface area contributed by atoms with E-state index < -0.39 is 0 Å². The van der Waals surface area contributed by atoms with Crippen LogP contribution in [0.15, 0.2) is 53.0 Å². The van der Waals surface area contributed by atoms with Gasteiger partial charge in [-0.25, -0.2) is 4.68 Å². The second-order valence-corrected chi connectivity index (χ2v) is 9.00. The number of nitrogen functional groups attached to an aromatic ring is 1. The summed E-state index contributed by atoms with van der Waals surface area (Å²) in [5, 5.41) is 23.2. The van der Waals surface area contributed by atoms with Crippen LogP contribution in [0.25, 0.3) is 10.7 Å².